The van der Waals surface area contributed by atoms with Crippen molar-refractivity contribution in [3.05, 3.63) is 65.5 Å². The third-order valence-corrected chi connectivity index (χ3v) is 5.98. The van der Waals surface area contributed by atoms with Gasteiger partial charge in [0.1, 0.15) is 17.2 Å². The Bertz CT molecular complexity index is 1370. The van der Waals surface area contributed by atoms with Crippen LogP contribution in [0.4, 0.5) is 5.13 Å². The second-order valence-corrected chi connectivity index (χ2v) is 8.79. The monoisotopic (exact) mass is 491 g/mol. The van der Waals surface area contributed by atoms with E-state index in [4.69, 9.17) is 13.9 Å². The Labute approximate surface area is 204 Å². The van der Waals surface area contributed by atoms with E-state index in [0.717, 1.165) is 0 Å². The van der Waals surface area contributed by atoms with Crippen molar-refractivity contribution < 1.29 is 23.5 Å². The minimum absolute atomic E-state index is 0.104. The third-order valence-electron chi connectivity index (χ3n) is 5.29. The van der Waals surface area contributed by atoms with E-state index in [1.165, 1.54) is 11.3 Å². The first-order valence-corrected chi connectivity index (χ1v) is 11.7. The van der Waals surface area contributed by atoms with Crippen LogP contribution in [0.25, 0.3) is 11.5 Å². The highest BCUT2D eigenvalue weighted by molar-refractivity contribution is 7.13. The van der Waals surface area contributed by atoms with Crippen molar-refractivity contribution >= 4 is 28.3 Å². The zero-order valence-electron chi connectivity index (χ0n) is 18.9. The zero-order chi connectivity index (χ0) is 24.4. The molecule has 1 atom stereocenters. The molecule has 4 aromatic rings. The quantitative estimate of drug-likeness (QED) is 0.409. The van der Waals surface area contributed by atoms with E-state index >= 15 is 0 Å². The summed E-state index contributed by atoms with van der Waals surface area (Å²) >= 11 is 1.31. The van der Waals surface area contributed by atoms with Gasteiger partial charge in [-0.15, -0.1) is 21.5 Å². The second-order valence-electron chi connectivity index (χ2n) is 7.90. The average molecular weight is 492 g/mol. The molecular weight excluding hydrogens is 470 g/mol. The van der Waals surface area contributed by atoms with E-state index in [1.807, 2.05) is 6.07 Å². The molecule has 1 fully saturated rings. The molecule has 1 aliphatic rings. The SMILES string of the molecule is Cc1nnc(-c2cccc(Oc3cc(OC4CCN(C)C4=O)cc(C(=O)Nc4nccs4)c3)c2)o1. The number of nitrogens with one attached hydrogen (secondary N) is 1. The van der Waals surface area contributed by atoms with E-state index in [-0.39, 0.29) is 11.8 Å². The summed E-state index contributed by atoms with van der Waals surface area (Å²) in [5, 5.41) is 12.9. The molecule has 2 aromatic carbocycles. The number of likely N-dealkylation sites (N-methyl/N-ethyl adjacent to an activating group) is 1. The van der Waals surface area contributed by atoms with Crippen molar-refractivity contribution in [2.24, 2.45) is 0 Å². The molecule has 2 aromatic heterocycles. The number of carbonyl (C=O) groups excluding carboxylic acids is 2. The molecule has 0 radical (unpaired) electrons. The largest absolute Gasteiger partial charge is 0.480 e. The Morgan fingerprint density at radius 1 is 1.17 bits per heavy atom. The number of likely N-dealkylation sites (tertiary alicyclic amines) is 1. The maximum Gasteiger partial charge on any atom is 0.263 e. The molecule has 178 valence electrons. The van der Waals surface area contributed by atoms with Gasteiger partial charge in [-0.05, 0) is 30.3 Å². The van der Waals surface area contributed by atoms with Crippen molar-refractivity contribution in [3.63, 3.8) is 0 Å². The predicted molar refractivity (Wildman–Crippen MR) is 128 cm³/mol. The molecule has 0 spiro atoms. The Morgan fingerprint density at radius 3 is 2.74 bits per heavy atom. The lowest BCUT2D eigenvalue weighted by Crippen LogP contribution is -2.29. The fourth-order valence-electron chi connectivity index (χ4n) is 3.59. The fraction of sp³-hybridized carbons (Fsp3) is 0.208. The van der Waals surface area contributed by atoms with Gasteiger partial charge in [-0.1, -0.05) is 6.07 Å². The van der Waals surface area contributed by atoms with Crippen LogP contribution in [0.1, 0.15) is 22.7 Å². The van der Waals surface area contributed by atoms with Gasteiger partial charge in [-0.25, -0.2) is 4.98 Å². The Morgan fingerprint density at radius 2 is 2.03 bits per heavy atom. The lowest BCUT2D eigenvalue weighted by Gasteiger charge is -2.15. The summed E-state index contributed by atoms with van der Waals surface area (Å²) in [7, 11) is 1.73. The van der Waals surface area contributed by atoms with E-state index in [1.54, 1.807) is 66.8 Å². The zero-order valence-corrected chi connectivity index (χ0v) is 19.7. The maximum atomic E-state index is 12.9. The second kappa shape index (κ2) is 9.55. The number of aromatic nitrogens is 3. The highest BCUT2D eigenvalue weighted by atomic mass is 32.1. The number of hydrogen-bond acceptors (Lipinski definition) is 9. The van der Waals surface area contributed by atoms with Gasteiger partial charge in [-0.2, -0.15) is 0 Å². The number of amides is 2. The number of rotatable bonds is 7. The number of ether oxygens (including phenoxy) is 2. The fourth-order valence-corrected chi connectivity index (χ4v) is 4.11. The van der Waals surface area contributed by atoms with Crippen LogP contribution in [0.15, 0.2) is 58.5 Å². The number of aryl methyl sites for hydroxylation is 1. The molecule has 2 amide bonds. The maximum absolute atomic E-state index is 12.9. The van der Waals surface area contributed by atoms with Crippen LogP contribution in [0, 0.1) is 6.92 Å². The molecule has 5 rings (SSSR count). The molecular formula is C24H21N5O5S. The molecule has 0 bridgehead atoms. The summed E-state index contributed by atoms with van der Waals surface area (Å²) in [6.07, 6.45) is 1.55. The molecule has 10 nitrogen and oxygen atoms in total. The molecule has 1 aliphatic heterocycles. The van der Waals surface area contributed by atoms with Crippen molar-refractivity contribution in [3.8, 4) is 28.7 Å². The predicted octanol–water partition coefficient (Wildman–Crippen LogP) is 4.16. The van der Waals surface area contributed by atoms with Crippen molar-refractivity contribution in [2.45, 2.75) is 19.4 Å². The van der Waals surface area contributed by atoms with E-state index in [9.17, 15) is 9.59 Å². The van der Waals surface area contributed by atoms with Gasteiger partial charge < -0.3 is 18.8 Å². The summed E-state index contributed by atoms with van der Waals surface area (Å²) < 4.78 is 17.5. The van der Waals surface area contributed by atoms with Crippen LogP contribution in [0.2, 0.25) is 0 Å². The summed E-state index contributed by atoms with van der Waals surface area (Å²) in [6, 6.07) is 12.0. The van der Waals surface area contributed by atoms with Crippen molar-refractivity contribution in [1.82, 2.24) is 20.1 Å². The van der Waals surface area contributed by atoms with Crippen LogP contribution >= 0.6 is 11.3 Å². The number of carbonyl (C=O) groups is 2. The highest BCUT2D eigenvalue weighted by Gasteiger charge is 2.31. The Hall–Kier alpha value is -4.25. The lowest BCUT2D eigenvalue weighted by molar-refractivity contribution is -0.132. The van der Waals surface area contributed by atoms with Gasteiger partial charge >= 0.3 is 0 Å². The minimum atomic E-state index is -0.616. The van der Waals surface area contributed by atoms with Crippen molar-refractivity contribution in [2.75, 3.05) is 18.9 Å². The first-order chi connectivity index (χ1) is 16.9. The molecule has 1 saturated heterocycles. The molecule has 35 heavy (non-hydrogen) atoms. The normalized spacial score (nSPS) is 15.3. The average Bonchev–Trinajstić information content (AvgIpc) is 3.59. The van der Waals surface area contributed by atoms with Crippen LogP contribution in [-0.2, 0) is 4.79 Å². The Balaban J connectivity index is 1.43. The summed E-state index contributed by atoms with van der Waals surface area (Å²) in [5.41, 5.74) is 0.993. The Kier molecular flexibility index (Phi) is 6.15. The summed E-state index contributed by atoms with van der Waals surface area (Å²) in [4.78, 5) is 31.0. The van der Waals surface area contributed by atoms with Crippen LogP contribution in [0.5, 0.6) is 17.2 Å². The smallest absolute Gasteiger partial charge is 0.263 e. The van der Waals surface area contributed by atoms with Gasteiger partial charge in [0.05, 0.1) is 0 Å². The number of nitrogens with zero attached hydrogens (tertiary/aromatic N) is 4. The van der Waals surface area contributed by atoms with Crippen LogP contribution in [-0.4, -0.2) is 51.6 Å². The summed E-state index contributed by atoms with van der Waals surface area (Å²) in [5.74, 6) is 1.57. The molecule has 0 saturated carbocycles. The third kappa shape index (κ3) is 5.14. The number of anilines is 1. The molecule has 0 aliphatic carbocycles. The van der Waals surface area contributed by atoms with Crippen LogP contribution < -0.4 is 14.8 Å². The van der Waals surface area contributed by atoms with Crippen LogP contribution in [0.3, 0.4) is 0 Å². The summed E-state index contributed by atoms with van der Waals surface area (Å²) in [6.45, 7) is 2.33. The van der Waals surface area contributed by atoms with E-state index < -0.39 is 6.10 Å². The standard InChI is InChI=1S/C24H21N5O5S/c1-14-27-28-22(32-14)15-4-3-5-17(10-15)33-18-11-16(21(30)26-24-25-7-9-35-24)12-19(13-18)34-20-6-8-29(2)23(20)31/h3-5,7,9-13,20H,6,8H2,1-2H3,(H,25,26,30). The van der Waals surface area contributed by atoms with Gasteiger partial charge in [0, 0.05) is 55.7 Å². The molecule has 1 N–H and O–H groups in total. The van der Waals surface area contributed by atoms with Gasteiger partial charge in [0.2, 0.25) is 11.8 Å². The first kappa shape index (κ1) is 22.5. The topological polar surface area (TPSA) is 120 Å². The number of thiazole rings is 1. The van der Waals surface area contributed by atoms with Gasteiger partial charge in [0.15, 0.2) is 11.2 Å². The van der Waals surface area contributed by atoms with E-state index in [2.05, 4.69) is 20.5 Å². The highest BCUT2D eigenvalue weighted by Crippen LogP contribution is 2.31. The van der Waals surface area contributed by atoms with Crippen molar-refractivity contribution in [1.29, 1.82) is 0 Å². The minimum Gasteiger partial charge on any atom is -0.480 e. The molecule has 1 unspecified atom stereocenters. The number of benzene rings is 2. The number of hydrogen-bond donors (Lipinski definition) is 1. The van der Waals surface area contributed by atoms with Gasteiger partial charge in [0.25, 0.3) is 11.8 Å². The van der Waals surface area contributed by atoms with Gasteiger partial charge in [-0.3, -0.25) is 14.9 Å². The molecule has 11 heteroatoms. The first-order valence-electron chi connectivity index (χ1n) is 10.8. The van der Waals surface area contributed by atoms with E-state index in [0.29, 0.717) is 58.3 Å². The molecule has 3 heterocycles. The lowest BCUT2D eigenvalue weighted by atomic mass is 10.1.